The molecule has 2 heterocycles. The van der Waals surface area contributed by atoms with Crippen LogP contribution in [0.2, 0.25) is 0 Å². The third-order valence-electron chi connectivity index (χ3n) is 4.74. The number of aromatic nitrogens is 2. The Kier molecular flexibility index (Phi) is 5.15. The molecule has 8 heteroatoms. The molecule has 2 N–H and O–H groups in total. The first-order valence-electron chi connectivity index (χ1n) is 9.12. The summed E-state index contributed by atoms with van der Waals surface area (Å²) < 4.78 is 12.3. The zero-order chi connectivity index (χ0) is 20.2. The predicted molar refractivity (Wildman–Crippen MR) is 110 cm³/mol. The molecule has 1 aliphatic rings. The first-order valence-corrected chi connectivity index (χ1v) is 9.12. The quantitative estimate of drug-likeness (QED) is 0.498. The SMILES string of the molecule is COc1ccc(/C=N/NC(=O)c2cnn3c2NC(c2ccccc2)C3)cc1OC. The van der Waals surface area contributed by atoms with Gasteiger partial charge in [0.05, 0.1) is 39.2 Å². The standard InChI is InChI=1S/C21H21N5O3/c1-28-18-9-8-14(10-19(18)29-2)11-22-25-21(27)16-12-23-26-13-17(24-20(16)26)15-6-4-3-5-7-15/h3-12,17,24H,13H2,1-2H3,(H,25,27)/b22-11+. The summed E-state index contributed by atoms with van der Waals surface area (Å²) in [6.45, 7) is 0.668. The number of hydrogen-bond donors (Lipinski definition) is 2. The molecule has 29 heavy (non-hydrogen) atoms. The molecule has 0 fully saturated rings. The highest BCUT2D eigenvalue weighted by atomic mass is 16.5. The van der Waals surface area contributed by atoms with Crippen LogP contribution in [-0.2, 0) is 6.54 Å². The van der Waals surface area contributed by atoms with Crippen LogP contribution in [0.5, 0.6) is 11.5 Å². The molecule has 0 spiro atoms. The van der Waals surface area contributed by atoms with E-state index >= 15 is 0 Å². The summed E-state index contributed by atoms with van der Waals surface area (Å²) in [4.78, 5) is 12.6. The van der Waals surface area contributed by atoms with Gasteiger partial charge in [0.15, 0.2) is 11.5 Å². The van der Waals surface area contributed by atoms with Gasteiger partial charge in [0.1, 0.15) is 11.4 Å². The Hall–Kier alpha value is -3.81. The van der Waals surface area contributed by atoms with Gasteiger partial charge < -0.3 is 14.8 Å². The molecular weight excluding hydrogens is 370 g/mol. The Labute approximate surface area is 168 Å². The number of fused-ring (bicyclic) bond motifs is 1. The summed E-state index contributed by atoms with van der Waals surface area (Å²) in [5.41, 5.74) is 4.92. The van der Waals surface area contributed by atoms with Crippen molar-refractivity contribution in [3.05, 3.63) is 71.4 Å². The topological polar surface area (TPSA) is 89.8 Å². The molecule has 1 aromatic heterocycles. The maximum absolute atomic E-state index is 12.6. The van der Waals surface area contributed by atoms with E-state index in [0.29, 0.717) is 29.4 Å². The largest absolute Gasteiger partial charge is 0.493 e. The van der Waals surface area contributed by atoms with Crippen molar-refractivity contribution in [1.29, 1.82) is 0 Å². The third kappa shape index (κ3) is 3.77. The van der Waals surface area contributed by atoms with Crippen molar-refractivity contribution in [2.45, 2.75) is 12.6 Å². The summed E-state index contributed by atoms with van der Waals surface area (Å²) in [5, 5.41) is 11.7. The number of nitrogens with one attached hydrogen (secondary N) is 2. The smallest absolute Gasteiger partial charge is 0.276 e. The number of hydrogen-bond acceptors (Lipinski definition) is 6. The summed E-state index contributed by atoms with van der Waals surface area (Å²) in [6.07, 6.45) is 3.09. The minimum atomic E-state index is -0.329. The first-order chi connectivity index (χ1) is 14.2. The number of methoxy groups -OCH3 is 2. The molecule has 1 unspecified atom stereocenters. The number of nitrogens with zero attached hydrogens (tertiary/aromatic N) is 3. The van der Waals surface area contributed by atoms with Crippen LogP contribution in [0.1, 0.15) is 27.5 Å². The molecule has 4 rings (SSSR count). The lowest BCUT2D eigenvalue weighted by molar-refractivity contribution is 0.0956. The van der Waals surface area contributed by atoms with Crippen LogP contribution < -0.4 is 20.2 Å². The van der Waals surface area contributed by atoms with E-state index in [0.717, 1.165) is 11.1 Å². The Balaban J connectivity index is 1.43. The van der Waals surface area contributed by atoms with E-state index in [-0.39, 0.29) is 11.9 Å². The van der Waals surface area contributed by atoms with E-state index in [1.165, 1.54) is 0 Å². The molecule has 1 amide bonds. The maximum atomic E-state index is 12.6. The van der Waals surface area contributed by atoms with Crippen molar-refractivity contribution in [3.8, 4) is 11.5 Å². The van der Waals surface area contributed by atoms with Gasteiger partial charge in [0, 0.05) is 0 Å². The van der Waals surface area contributed by atoms with E-state index < -0.39 is 0 Å². The lowest BCUT2D eigenvalue weighted by Gasteiger charge is -2.10. The van der Waals surface area contributed by atoms with Crippen molar-refractivity contribution >= 4 is 17.9 Å². The van der Waals surface area contributed by atoms with Crippen molar-refractivity contribution < 1.29 is 14.3 Å². The molecular formula is C21H21N5O3. The molecule has 0 radical (unpaired) electrons. The number of carbonyl (C=O) groups is 1. The zero-order valence-electron chi connectivity index (χ0n) is 16.1. The summed E-state index contributed by atoms with van der Waals surface area (Å²) in [6, 6.07) is 15.5. The minimum absolute atomic E-state index is 0.0849. The Bertz CT molecular complexity index is 1050. The highest BCUT2D eigenvalue weighted by molar-refractivity contribution is 5.99. The second-order valence-electron chi connectivity index (χ2n) is 6.51. The average Bonchev–Trinajstić information content (AvgIpc) is 3.35. The number of hydrazone groups is 1. The lowest BCUT2D eigenvalue weighted by Crippen LogP contribution is -2.18. The number of benzene rings is 2. The number of ether oxygens (including phenoxy) is 2. The van der Waals surface area contributed by atoms with Crippen molar-refractivity contribution in [3.63, 3.8) is 0 Å². The van der Waals surface area contributed by atoms with E-state index in [1.807, 2.05) is 24.3 Å². The van der Waals surface area contributed by atoms with Gasteiger partial charge >= 0.3 is 0 Å². The summed E-state index contributed by atoms with van der Waals surface area (Å²) in [5.74, 6) is 1.58. The van der Waals surface area contributed by atoms with Gasteiger partial charge in [-0.3, -0.25) is 4.79 Å². The van der Waals surface area contributed by atoms with Gasteiger partial charge in [-0.1, -0.05) is 30.3 Å². The van der Waals surface area contributed by atoms with E-state index in [9.17, 15) is 4.79 Å². The Morgan fingerprint density at radius 1 is 1.21 bits per heavy atom. The van der Waals surface area contributed by atoms with Gasteiger partial charge in [-0.25, -0.2) is 10.1 Å². The van der Waals surface area contributed by atoms with Crippen LogP contribution >= 0.6 is 0 Å². The molecule has 0 saturated carbocycles. The van der Waals surface area contributed by atoms with Crippen molar-refractivity contribution in [1.82, 2.24) is 15.2 Å². The van der Waals surface area contributed by atoms with Gasteiger partial charge in [-0.05, 0) is 29.3 Å². The summed E-state index contributed by atoms with van der Waals surface area (Å²) >= 11 is 0. The van der Waals surface area contributed by atoms with Crippen LogP contribution in [0, 0.1) is 0 Å². The van der Waals surface area contributed by atoms with Crippen molar-refractivity contribution in [2.24, 2.45) is 5.10 Å². The average molecular weight is 391 g/mol. The van der Waals surface area contributed by atoms with Gasteiger partial charge in [0.2, 0.25) is 0 Å². The van der Waals surface area contributed by atoms with Crippen LogP contribution in [0.3, 0.4) is 0 Å². The normalized spacial score (nSPS) is 15.0. The van der Waals surface area contributed by atoms with Crippen LogP contribution in [0.15, 0.2) is 59.8 Å². The monoisotopic (exact) mass is 391 g/mol. The Morgan fingerprint density at radius 2 is 2.00 bits per heavy atom. The number of rotatable bonds is 6. The fraction of sp³-hybridized carbons (Fsp3) is 0.190. The minimum Gasteiger partial charge on any atom is -0.493 e. The third-order valence-corrected chi connectivity index (χ3v) is 4.74. The van der Waals surface area contributed by atoms with E-state index in [1.54, 1.807) is 43.4 Å². The first kappa shape index (κ1) is 18.5. The molecule has 0 saturated heterocycles. The van der Waals surface area contributed by atoms with Gasteiger partial charge in [-0.2, -0.15) is 10.2 Å². The molecule has 148 valence electrons. The molecule has 1 atom stereocenters. The highest BCUT2D eigenvalue weighted by Crippen LogP contribution is 2.31. The molecule has 2 aromatic carbocycles. The molecule has 8 nitrogen and oxygen atoms in total. The lowest BCUT2D eigenvalue weighted by atomic mass is 10.1. The second kappa shape index (κ2) is 8.05. The van der Waals surface area contributed by atoms with Crippen LogP contribution in [0.4, 0.5) is 5.82 Å². The second-order valence-corrected chi connectivity index (χ2v) is 6.51. The molecule has 3 aromatic rings. The molecule has 0 bridgehead atoms. The van der Waals surface area contributed by atoms with Crippen LogP contribution in [-0.4, -0.2) is 36.1 Å². The fourth-order valence-corrected chi connectivity index (χ4v) is 3.26. The van der Waals surface area contributed by atoms with Gasteiger partial charge in [-0.15, -0.1) is 0 Å². The number of amides is 1. The van der Waals surface area contributed by atoms with Crippen molar-refractivity contribution in [2.75, 3.05) is 19.5 Å². The van der Waals surface area contributed by atoms with Gasteiger partial charge in [0.25, 0.3) is 5.91 Å². The van der Waals surface area contributed by atoms with E-state index in [4.69, 9.17) is 9.47 Å². The zero-order valence-corrected chi connectivity index (χ0v) is 16.1. The fourth-order valence-electron chi connectivity index (χ4n) is 3.26. The highest BCUT2D eigenvalue weighted by Gasteiger charge is 2.27. The predicted octanol–water partition coefficient (Wildman–Crippen LogP) is 2.83. The van der Waals surface area contributed by atoms with E-state index in [2.05, 4.69) is 33.1 Å². The molecule has 1 aliphatic heterocycles. The Morgan fingerprint density at radius 3 is 2.76 bits per heavy atom. The maximum Gasteiger partial charge on any atom is 0.276 e. The van der Waals surface area contributed by atoms with Crippen LogP contribution in [0.25, 0.3) is 0 Å². The summed E-state index contributed by atoms with van der Waals surface area (Å²) in [7, 11) is 3.14. The number of carbonyl (C=O) groups excluding carboxylic acids is 1. The number of anilines is 1. The molecule has 0 aliphatic carbocycles.